The lowest BCUT2D eigenvalue weighted by molar-refractivity contribution is 0.414. The number of hydrogen-bond acceptors (Lipinski definition) is 3. The summed E-state index contributed by atoms with van der Waals surface area (Å²) in [5, 5.41) is 8.42. The summed E-state index contributed by atoms with van der Waals surface area (Å²) in [6, 6.07) is 16.9. The van der Waals surface area contributed by atoms with Crippen molar-refractivity contribution in [2.75, 3.05) is 19.0 Å². The van der Waals surface area contributed by atoms with Crippen LogP contribution in [0.25, 0.3) is 5.69 Å². The minimum atomic E-state index is 0.841. The van der Waals surface area contributed by atoms with Crippen LogP contribution in [0.15, 0.2) is 48.5 Å². The van der Waals surface area contributed by atoms with Crippen LogP contribution >= 0.6 is 0 Å². The molecule has 0 radical (unpaired) electrons. The van der Waals surface area contributed by atoms with Crippen LogP contribution in [0.3, 0.4) is 0 Å². The molecule has 1 aromatic heterocycles. The number of nitrogens with zero attached hydrogens (tertiary/aromatic N) is 2. The van der Waals surface area contributed by atoms with Crippen molar-refractivity contribution in [3.05, 3.63) is 70.9 Å². The maximum atomic E-state index is 5.24. The molecule has 0 fully saturated rings. The number of rotatable bonds is 5. The van der Waals surface area contributed by atoms with E-state index in [1.54, 1.807) is 7.11 Å². The third-order valence-corrected chi connectivity index (χ3v) is 4.85. The van der Waals surface area contributed by atoms with Crippen molar-refractivity contribution >= 4 is 5.82 Å². The van der Waals surface area contributed by atoms with E-state index in [0.29, 0.717) is 0 Å². The fraction of sp³-hybridized carbons (Fsp3) is 0.286. The van der Waals surface area contributed by atoms with Crippen LogP contribution in [-0.2, 0) is 19.3 Å². The molecule has 1 aliphatic rings. The zero-order valence-corrected chi connectivity index (χ0v) is 14.7. The second kappa shape index (κ2) is 6.63. The van der Waals surface area contributed by atoms with Gasteiger partial charge in [0.2, 0.25) is 0 Å². The van der Waals surface area contributed by atoms with Gasteiger partial charge in [-0.25, -0.2) is 4.68 Å². The monoisotopic (exact) mass is 333 g/mol. The molecule has 1 N–H and O–H groups in total. The Kier molecular flexibility index (Phi) is 4.18. The summed E-state index contributed by atoms with van der Waals surface area (Å²) in [5.74, 6) is 2.03. The number of aromatic nitrogens is 2. The number of methoxy groups -OCH3 is 1. The normalized spacial score (nSPS) is 12.7. The lowest BCUT2D eigenvalue weighted by Gasteiger charge is -2.07. The van der Waals surface area contributed by atoms with E-state index in [-0.39, 0.29) is 0 Å². The number of aryl methyl sites for hydroxylation is 1. The maximum absolute atomic E-state index is 5.24. The fourth-order valence-corrected chi connectivity index (χ4v) is 3.38. The fourth-order valence-electron chi connectivity index (χ4n) is 3.38. The molecule has 0 aliphatic carbocycles. The van der Waals surface area contributed by atoms with Gasteiger partial charge in [-0.3, -0.25) is 0 Å². The number of nitrogens with one attached hydrogen (secondary N) is 1. The summed E-state index contributed by atoms with van der Waals surface area (Å²) in [6.07, 6.45) is 2.93. The molecule has 4 nitrogen and oxygen atoms in total. The third-order valence-electron chi connectivity index (χ3n) is 4.85. The van der Waals surface area contributed by atoms with Gasteiger partial charge in [0.25, 0.3) is 0 Å². The quantitative estimate of drug-likeness (QED) is 0.767. The smallest absolute Gasteiger partial charge is 0.133 e. The second-order valence-electron chi connectivity index (χ2n) is 6.41. The second-order valence-corrected chi connectivity index (χ2v) is 6.41. The van der Waals surface area contributed by atoms with Gasteiger partial charge in [-0.1, -0.05) is 31.2 Å². The molecule has 1 aliphatic heterocycles. The molecule has 0 saturated carbocycles. The molecule has 2 heterocycles. The summed E-state index contributed by atoms with van der Waals surface area (Å²) >= 11 is 0. The first kappa shape index (κ1) is 15.8. The molecule has 3 aromatic rings. The average Bonchev–Trinajstić information content (AvgIpc) is 3.26. The van der Waals surface area contributed by atoms with Gasteiger partial charge < -0.3 is 10.1 Å². The highest BCUT2D eigenvalue weighted by molar-refractivity contribution is 5.57. The first-order chi connectivity index (χ1) is 12.3. The van der Waals surface area contributed by atoms with E-state index in [1.165, 1.54) is 16.7 Å². The summed E-state index contributed by atoms with van der Waals surface area (Å²) in [6.45, 7) is 3.16. The molecule has 4 rings (SSSR count). The molecule has 25 heavy (non-hydrogen) atoms. The van der Waals surface area contributed by atoms with Gasteiger partial charge in [-0.2, -0.15) is 5.10 Å². The van der Waals surface area contributed by atoms with E-state index >= 15 is 0 Å². The van der Waals surface area contributed by atoms with E-state index in [4.69, 9.17) is 9.84 Å². The van der Waals surface area contributed by atoms with E-state index in [0.717, 1.165) is 48.8 Å². The van der Waals surface area contributed by atoms with Crippen LogP contribution in [0.1, 0.15) is 29.3 Å². The highest BCUT2D eigenvalue weighted by Crippen LogP contribution is 2.30. The molecule has 0 spiro atoms. The molecule has 0 amide bonds. The summed E-state index contributed by atoms with van der Waals surface area (Å²) in [7, 11) is 1.69. The SMILES string of the molecule is CCc1ccc(-n2nc(Cc3ccc(OC)cc3)c3c2NCC3)cc1. The predicted molar refractivity (Wildman–Crippen MR) is 101 cm³/mol. The molecule has 128 valence electrons. The Bertz CT molecular complexity index is 863. The highest BCUT2D eigenvalue weighted by Gasteiger charge is 2.23. The maximum Gasteiger partial charge on any atom is 0.133 e. The molecule has 0 saturated heterocycles. The topological polar surface area (TPSA) is 39.1 Å². The zero-order chi connectivity index (χ0) is 17.2. The van der Waals surface area contributed by atoms with Crippen molar-refractivity contribution in [2.24, 2.45) is 0 Å². The van der Waals surface area contributed by atoms with Crippen molar-refractivity contribution in [2.45, 2.75) is 26.2 Å². The summed E-state index contributed by atoms with van der Waals surface area (Å²) < 4.78 is 7.30. The lowest BCUT2D eigenvalue weighted by atomic mass is 10.1. The van der Waals surface area contributed by atoms with E-state index in [2.05, 4.69) is 53.3 Å². The van der Waals surface area contributed by atoms with Crippen LogP contribution < -0.4 is 10.1 Å². The molecular formula is C21H23N3O. The number of hydrogen-bond donors (Lipinski definition) is 1. The highest BCUT2D eigenvalue weighted by atomic mass is 16.5. The van der Waals surface area contributed by atoms with E-state index < -0.39 is 0 Å². The van der Waals surface area contributed by atoms with Gasteiger partial charge >= 0.3 is 0 Å². The van der Waals surface area contributed by atoms with Gasteiger partial charge in [-0.05, 0) is 48.2 Å². The van der Waals surface area contributed by atoms with E-state index in [9.17, 15) is 0 Å². The number of ether oxygens (including phenoxy) is 1. The van der Waals surface area contributed by atoms with Gasteiger partial charge in [0.15, 0.2) is 0 Å². The third kappa shape index (κ3) is 3.00. The Morgan fingerprint density at radius 2 is 1.76 bits per heavy atom. The molecule has 0 atom stereocenters. The van der Waals surface area contributed by atoms with Crippen LogP contribution in [0, 0.1) is 0 Å². The number of fused-ring (bicyclic) bond motifs is 1. The zero-order valence-electron chi connectivity index (χ0n) is 14.7. The minimum absolute atomic E-state index is 0.841. The van der Waals surface area contributed by atoms with Crippen molar-refractivity contribution in [1.82, 2.24) is 9.78 Å². The summed E-state index contributed by atoms with van der Waals surface area (Å²) in [5.41, 5.74) is 6.21. The Morgan fingerprint density at radius 1 is 1.04 bits per heavy atom. The lowest BCUT2D eigenvalue weighted by Crippen LogP contribution is -2.05. The Hall–Kier alpha value is -2.75. The van der Waals surface area contributed by atoms with E-state index in [1.807, 2.05) is 12.1 Å². The Labute approximate surface area is 148 Å². The van der Waals surface area contributed by atoms with Gasteiger partial charge in [0, 0.05) is 18.5 Å². The first-order valence-electron chi connectivity index (χ1n) is 8.85. The van der Waals surface area contributed by atoms with Crippen molar-refractivity contribution in [1.29, 1.82) is 0 Å². The van der Waals surface area contributed by atoms with Gasteiger partial charge in [-0.15, -0.1) is 0 Å². The van der Waals surface area contributed by atoms with Crippen LogP contribution in [0.2, 0.25) is 0 Å². The van der Waals surface area contributed by atoms with Gasteiger partial charge in [0.05, 0.1) is 18.5 Å². The van der Waals surface area contributed by atoms with Crippen LogP contribution in [-0.4, -0.2) is 23.4 Å². The Morgan fingerprint density at radius 3 is 2.44 bits per heavy atom. The molecule has 4 heteroatoms. The van der Waals surface area contributed by atoms with Crippen molar-refractivity contribution in [3.63, 3.8) is 0 Å². The summed E-state index contributed by atoms with van der Waals surface area (Å²) in [4.78, 5) is 0. The Balaban J connectivity index is 1.66. The van der Waals surface area contributed by atoms with Crippen LogP contribution in [0.5, 0.6) is 5.75 Å². The number of anilines is 1. The van der Waals surface area contributed by atoms with Crippen molar-refractivity contribution in [3.8, 4) is 11.4 Å². The molecular weight excluding hydrogens is 310 g/mol. The number of benzene rings is 2. The minimum Gasteiger partial charge on any atom is -0.497 e. The first-order valence-corrected chi connectivity index (χ1v) is 8.85. The van der Waals surface area contributed by atoms with Crippen molar-refractivity contribution < 1.29 is 4.74 Å². The average molecular weight is 333 g/mol. The largest absolute Gasteiger partial charge is 0.497 e. The van der Waals surface area contributed by atoms with Gasteiger partial charge in [0.1, 0.15) is 11.6 Å². The molecule has 2 aromatic carbocycles. The molecule has 0 bridgehead atoms. The standard InChI is InChI=1S/C21H23N3O/c1-3-15-4-8-17(9-5-15)24-21-19(12-13-22-21)20(23-24)14-16-6-10-18(25-2)11-7-16/h4-11,22H,3,12-14H2,1-2H3. The van der Waals surface area contributed by atoms with Crippen LogP contribution in [0.4, 0.5) is 5.82 Å². The molecule has 0 unspecified atom stereocenters. The predicted octanol–water partition coefficient (Wildman–Crippen LogP) is 4.00.